The summed E-state index contributed by atoms with van der Waals surface area (Å²) in [6.45, 7) is 0. The van der Waals surface area contributed by atoms with Gasteiger partial charge in [0.2, 0.25) is 10.9 Å². The predicted octanol–water partition coefficient (Wildman–Crippen LogP) is 1.15. The van der Waals surface area contributed by atoms with Gasteiger partial charge in [0.1, 0.15) is 5.02 Å². The van der Waals surface area contributed by atoms with Gasteiger partial charge in [-0.3, -0.25) is 9.59 Å². The Labute approximate surface area is 73.5 Å². The first-order chi connectivity index (χ1) is 5.72. The molecule has 1 aliphatic carbocycles. The van der Waals surface area contributed by atoms with E-state index in [-0.39, 0.29) is 10.9 Å². The fourth-order valence-electron chi connectivity index (χ4n) is 1.30. The molecule has 0 N–H and O–H groups in total. The van der Waals surface area contributed by atoms with Crippen LogP contribution in [0.5, 0.6) is 0 Å². The first kappa shape index (κ1) is 7.50. The van der Waals surface area contributed by atoms with E-state index in [1.54, 1.807) is 0 Å². The molecule has 1 aromatic carbocycles. The molecular weight excluding hydrogens is 176 g/mol. The van der Waals surface area contributed by atoms with E-state index in [0.717, 1.165) is 0 Å². The molecule has 0 unspecified atom stereocenters. The summed E-state index contributed by atoms with van der Waals surface area (Å²) in [6.07, 6.45) is 7.33. The van der Waals surface area contributed by atoms with Crippen molar-refractivity contribution in [1.82, 2.24) is 0 Å². The minimum absolute atomic E-state index is 0.0808. The van der Waals surface area contributed by atoms with Crippen LogP contribution in [0.25, 0.3) is 0 Å². The van der Waals surface area contributed by atoms with Crippen molar-refractivity contribution in [2.45, 2.75) is 5.92 Å². The smallest absolute Gasteiger partial charge is 0.245 e. The third-order valence-electron chi connectivity index (χ3n) is 1.97. The van der Waals surface area contributed by atoms with Crippen molar-refractivity contribution in [3.63, 3.8) is 0 Å². The van der Waals surface area contributed by atoms with Gasteiger partial charge in [-0.2, -0.15) is 0 Å². The molecule has 0 saturated carbocycles. The highest BCUT2D eigenvalue weighted by atomic mass is 35.5. The molecule has 0 aromatic heterocycles. The van der Waals surface area contributed by atoms with Gasteiger partial charge in [-0.05, 0) is 0 Å². The summed E-state index contributed by atoms with van der Waals surface area (Å²) in [4.78, 5) is 21.7. The van der Waals surface area contributed by atoms with Gasteiger partial charge in [-0.1, -0.05) is 35.9 Å². The van der Waals surface area contributed by atoms with E-state index in [1.807, 2.05) is 24.3 Å². The Kier molecular flexibility index (Phi) is 1.51. The summed E-state index contributed by atoms with van der Waals surface area (Å²) >= 11 is 5.58. The van der Waals surface area contributed by atoms with Crippen LogP contribution in [0.15, 0.2) is 33.9 Å². The lowest BCUT2D eigenvalue weighted by Gasteiger charge is -2.07. The fourth-order valence-corrected chi connectivity index (χ4v) is 1.60. The number of allylic oxidation sites excluding steroid dienone is 4. The third-order valence-corrected chi connectivity index (χ3v) is 2.34. The van der Waals surface area contributed by atoms with Gasteiger partial charge < -0.3 is 0 Å². The molecule has 2 rings (SSSR count). The lowest BCUT2D eigenvalue weighted by Crippen LogP contribution is -2.36. The normalized spacial score (nSPS) is 16.4. The zero-order valence-electron chi connectivity index (χ0n) is 6.08. The van der Waals surface area contributed by atoms with Crippen LogP contribution in [0.4, 0.5) is 0 Å². The second-order valence-electron chi connectivity index (χ2n) is 2.68. The molecule has 0 bridgehead atoms. The van der Waals surface area contributed by atoms with Gasteiger partial charge in [-0.15, -0.1) is 0 Å². The minimum Gasteiger partial charge on any atom is -0.285 e. The Bertz CT molecular complexity index is 435. The molecule has 3 heteroatoms. The SMILES string of the molecule is O=c1c(Cl)c(C2C=CC=C2)c1=O. The first-order valence-electron chi connectivity index (χ1n) is 3.55. The zero-order chi connectivity index (χ0) is 8.72. The van der Waals surface area contributed by atoms with E-state index in [9.17, 15) is 9.59 Å². The topological polar surface area (TPSA) is 34.1 Å². The summed E-state index contributed by atoms with van der Waals surface area (Å²) < 4.78 is 0. The standard InChI is InChI=1S/C9H5ClO2/c10-7-6(8(11)9(7)12)5-3-1-2-4-5/h1-5H. The summed E-state index contributed by atoms with van der Waals surface area (Å²) in [5.74, 6) is -0.0808. The summed E-state index contributed by atoms with van der Waals surface area (Å²) in [6, 6.07) is 0. The molecule has 0 fully saturated rings. The second-order valence-corrected chi connectivity index (χ2v) is 3.06. The molecule has 0 aliphatic heterocycles. The van der Waals surface area contributed by atoms with Crippen LogP contribution in [0.1, 0.15) is 11.5 Å². The maximum atomic E-state index is 11.0. The molecule has 0 atom stereocenters. The van der Waals surface area contributed by atoms with Crippen LogP contribution < -0.4 is 10.9 Å². The van der Waals surface area contributed by atoms with Crippen molar-refractivity contribution in [2.24, 2.45) is 0 Å². The monoisotopic (exact) mass is 180 g/mol. The van der Waals surface area contributed by atoms with Crippen molar-refractivity contribution in [3.8, 4) is 0 Å². The zero-order valence-corrected chi connectivity index (χ0v) is 6.84. The maximum Gasteiger partial charge on any atom is 0.245 e. The molecule has 12 heavy (non-hydrogen) atoms. The molecule has 60 valence electrons. The molecule has 0 heterocycles. The lowest BCUT2D eigenvalue weighted by molar-refractivity contribution is 1.04. The van der Waals surface area contributed by atoms with Gasteiger partial charge in [0.15, 0.2) is 0 Å². The molecule has 0 saturated heterocycles. The van der Waals surface area contributed by atoms with Gasteiger partial charge in [-0.25, -0.2) is 0 Å². The fraction of sp³-hybridized carbons (Fsp3) is 0.111. The molecule has 0 amide bonds. The Morgan fingerprint density at radius 3 is 2.17 bits per heavy atom. The van der Waals surface area contributed by atoms with Crippen LogP contribution in [-0.2, 0) is 0 Å². The van der Waals surface area contributed by atoms with Crippen molar-refractivity contribution in [3.05, 3.63) is 55.3 Å². The summed E-state index contributed by atoms with van der Waals surface area (Å²) in [7, 11) is 0. The minimum atomic E-state index is -0.555. The second kappa shape index (κ2) is 2.42. The molecular formula is C9H5ClO2. The van der Waals surface area contributed by atoms with Crippen molar-refractivity contribution >= 4 is 11.6 Å². The van der Waals surface area contributed by atoms with E-state index in [0.29, 0.717) is 5.56 Å². The number of hydrogen-bond donors (Lipinski definition) is 0. The van der Waals surface area contributed by atoms with Crippen molar-refractivity contribution in [2.75, 3.05) is 0 Å². The lowest BCUT2D eigenvalue weighted by atomic mass is 9.97. The predicted molar refractivity (Wildman–Crippen MR) is 47.4 cm³/mol. The molecule has 2 nitrogen and oxygen atoms in total. The van der Waals surface area contributed by atoms with E-state index >= 15 is 0 Å². The first-order valence-corrected chi connectivity index (χ1v) is 3.93. The van der Waals surface area contributed by atoms with Crippen molar-refractivity contribution in [1.29, 1.82) is 0 Å². The van der Waals surface area contributed by atoms with Crippen molar-refractivity contribution < 1.29 is 0 Å². The number of halogens is 1. The third kappa shape index (κ3) is 0.816. The van der Waals surface area contributed by atoms with Crippen LogP contribution >= 0.6 is 11.6 Å². The average Bonchev–Trinajstić information content (AvgIpc) is 2.57. The molecule has 1 aromatic rings. The molecule has 0 spiro atoms. The van der Waals surface area contributed by atoms with E-state index in [4.69, 9.17) is 11.6 Å². The number of hydrogen-bond acceptors (Lipinski definition) is 2. The van der Waals surface area contributed by atoms with Gasteiger partial charge in [0, 0.05) is 11.5 Å². The van der Waals surface area contributed by atoms with Gasteiger partial charge in [0.25, 0.3) is 0 Å². The Morgan fingerprint density at radius 2 is 1.67 bits per heavy atom. The van der Waals surface area contributed by atoms with Crippen LogP contribution in [0, 0.1) is 0 Å². The Balaban J connectivity index is 2.50. The van der Waals surface area contributed by atoms with E-state index in [1.165, 1.54) is 0 Å². The van der Waals surface area contributed by atoms with Crippen LogP contribution in [0.2, 0.25) is 5.02 Å². The van der Waals surface area contributed by atoms with Gasteiger partial charge in [0.05, 0.1) is 0 Å². The molecule has 0 radical (unpaired) electrons. The quantitative estimate of drug-likeness (QED) is 0.608. The maximum absolute atomic E-state index is 11.0. The highest BCUT2D eigenvalue weighted by Gasteiger charge is 2.24. The Hall–Kier alpha value is -1.15. The highest BCUT2D eigenvalue weighted by Crippen LogP contribution is 2.25. The summed E-state index contributed by atoms with van der Waals surface area (Å²) in [5.41, 5.74) is -0.562. The Morgan fingerprint density at radius 1 is 1.08 bits per heavy atom. The van der Waals surface area contributed by atoms with E-state index in [2.05, 4.69) is 0 Å². The van der Waals surface area contributed by atoms with Crippen LogP contribution in [-0.4, -0.2) is 0 Å². The number of rotatable bonds is 1. The van der Waals surface area contributed by atoms with Crippen LogP contribution in [0.3, 0.4) is 0 Å². The summed E-state index contributed by atoms with van der Waals surface area (Å²) in [5, 5.41) is 0.0983. The van der Waals surface area contributed by atoms with E-state index < -0.39 is 10.9 Å². The average molecular weight is 181 g/mol. The highest BCUT2D eigenvalue weighted by molar-refractivity contribution is 6.32. The van der Waals surface area contributed by atoms with Gasteiger partial charge >= 0.3 is 0 Å². The molecule has 1 aliphatic rings. The largest absolute Gasteiger partial charge is 0.285 e.